The number of esters is 1. The van der Waals surface area contributed by atoms with E-state index in [9.17, 15) is 4.79 Å². The van der Waals surface area contributed by atoms with Crippen LogP contribution in [0.2, 0.25) is 0 Å². The molecule has 8 heavy (non-hydrogen) atoms. The summed E-state index contributed by atoms with van der Waals surface area (Å²) in [6.07, 6.45) is 0. The van der Waals surface area contributed by atoms with Crippen LogP contribution in [0.5, 0.6) is 0 Å². The Balaban J connectivity index is 3.49. The highest BCUT2D eigenvalue weighted by Crippen LogP contribution is 1.82. The summed E-state index contributed by atoms with van der Waals surface area (Å²) >= 11 is 0. The van der Waals surface area contributed by atoms with Gasteiger partial charge in [-0.3, -0.25) is 0 Å². The van der Waals surface area contributed by atoms with Gasteiger partial charge < -0.3 is 10.5 Å². The summed E-state index contributed by atoms with van der Waals surface area (Å²) < 4.78 is 4.44. The third-order valence-corrected chi connectivity index (χ3v) is 0.538. The molecule has 0 bridgehead atoms. The van der Waals surface area contributed by atoms with Gasteiger partial charge in [-0.15, -0.1) is 0 Å². The highest BCUT2D eigenvalue weighted by Gasteiger charge is 1.99. The summed E-state index contributed by atoms with van der Waals surface area (Å²) in [4.78, 5) is 10.3. The fraction of sp³-hybridized carbons (Fsp3) is 0.400. The van der Waals surface area contributed by atoms with Gasteiger partial charge in [-0.05, 0) is 6.92 Å². The zero-order valence-corrected chi connectivity index (χ0v) is 4.81. The van der Waals surface area contributed by atoms with Crippen molar-refractivity contribution in [2.24, 2.45) is 5.73 Å². The molecule has 0 aliphatic carbocycles. The molecule has 0 heterocycles. The Hall–Kier alpha value is -0.990. The minimum Gasteiger partial charge on any atom is -0.461 e. The van der Waals surface area contributed by atoms with Crippen molar-refractivity contribution in [1.29, 1.82) is 0 Å². The van der Waals surface area contributed by atoms with E-state index in [1.165, 1.54) is 0 Å². The molecule has 0 spiro atoms. The summed E-state index contributed by atoms with van der Waals surface area (Å²) in [5.74, 6) is -0.535. The number of carbonyl (C=O) groups excluding carboxylic acids is 1. The van der Waals surface area contributed by atoms with Gasteiger partial charge in [0, 0.05) is 0 Å². The van der Waals surface area contributed by atoms with Crippen molar-refractivity contribution < 1.29 is 9.53 Å². The lowest BCUT2D eigenvalue weighted by Gasteiger charge is -1.96. The second-order valence-electron chi connectivity index (χ2n) is 1.25. The molecule has 0 amide bonds. The molecule has 0 radical (unpaired) electrons. The van der Waals surface area contributed by atoms with Crippen molar-refractivity contribution in [1.82, 2.24) is 0 Å². The van der Waals surface area contributed by atoms with E-state index in [2.05, 4.69) is 11.3 Å². The monoisotopic (exact) mass is 115 g/mol. The standard InChI is InChI=1S/C5H9NO2/c1-3-8-5(7)4(2)6/h2-3,6H2,1H3. The molecule has 0 aromatic rings. The Labute approximate surface area is 48.1 Å². The number of hydrogen-bond donors (Lipinski definition) is 1. The lowest BCUT2D eigenvalue weighted by Crippen LogP contribution is -2.12. The molecule has 0 atom stereocenters. The molecule has 0 aromatic carbocycles. The molecule has 3 nitrogen and oxygen atoms in total. The average Bonchev–Trinajstić information content (AvgIpc) is 1.67. The van der Waals surface area contributed by atoms with Gasteiger partial charge in [-0.1, -0.05) is 6.58 Å². The fourth-order valence-corrected chi connectivity index (χ4v) is 0.224. The summed E-state index contributed by atoms with van der Waals surface area (Å²) in [5.41, 5.74) is 4.90. The van der Waals surface area contributed by atoms with E-state index >= 15 is 0 Å². The SMILES string of the molecule is C=C(N)C(=O)OCC. The van der Waals surface area contributed by atoms with E-state index < -0.39 is 5.97 Å². The molecule has 46 valence electrons. The van der Waals surface area contributed by atoms with Crippen LogP contribution in [0.1, 0.15) is 6.92 Å². The normalized spacial score (nSPS) is 8.12. The minimum atomic E-state index is -0.535. The fourth-order valence-electron chi connectivity index (χ4n) is 0.224. The van der Waals surface area contributed by atoms with E-state index in [0.717, 1.165) is 0 Å². The molecule has 2 N–H and O–H groups in total. The zero-order chi connectivity index (χ0) is 6.57. The molecule has 0 rings (SSSR count). The molecular formula is C5H9NO2. The van der Waals surface area contributed by atoms with Gasteiger partial charge in [-0.2, -0.15) is 0 Å². The van der Waals surface area contributed by atoms with Gasteiger partial charge in [0.1, 0.15) is 5.70 Å². The average molecular weight is 115 g/mol. The Kier molecular flexibility index (Phi) is 2.69. The number of nitrogens with two attached hydrogens (primary N) is 1. The number of rotatable bonds is 2. The topological polar surface area (TPSA) is 52.3 Å². The minimum absolute atomic E-state index is 0.0492. The predicted molar refractivity (Wildman–Crippen MR) is 30.0 cm³/mol. The molecule has 0 aromatic heterocycles. The van der Waals surface area contributed by atoms with Crippen molar-refractivity contribution >= 4 is 5.97 Å². The molecule has 0 unspecified atom stereocenters. The van der Waals surface area contributed by atoms with Crippen LogP contribution < -0.4 is 5.73 Å². The highest BCUT2D eigenvalue weighted by atomic mass is 16.5. The van der Waals surface area contributed by atoms with Gasteiger partial charge in [0.15, 0.2) is 0 Å². The van der Waals surface area contributed by atoms with Crippen LogP contribution in [0, 0.1) is 0 Å². The summed E-state index contributed by atoms with van der Waals surface area (Å²) in [5, 5.41) is 0. The van der Waals surface area contributed by atoms with E-state index in [-0.39, 0.29) is 5.70 Å². The first-order chi connectivity index (χ1) is 3.68. The number of ether oxygens (including phenoxy) is 1. The Morgan fingerprint density at radius 1 is 1.88 bits per heavy atom. The maximum absolute atomic E-state index is 10.3. The van der Waals surface area contributed by atoms with E-state index in [1.54, 1.807) is 6.92 Å². The first-order valence-corrected chi connectivity index (χ1v) is 2.30. The Morgan fingerprint density at radius 2 is 2.38 bits per heavy atom. The largest absolute Gasteiger partial charge is 0.461 e. The molecular weight excluding hydrogens is 106 g/mol. The summed E-state index contributed by atoms with van der Waals surface area (Å²) in [6, 6.07) is 0. The van der Waals surface area contributed by atoms with Gasteiger partial charge in [-0.25, -0.2) is 4.79 Å². The Morgan fingerprint density at radius 3 is 2.50 bits per heavy atom. The predicted octanol–water partition coefficient (Wildman–Crippen LogP) is 0.0219. The number of carbonyl (C=O) groups is 1. The van der Waals surface area contributed by atoms with Crippen LogP contribution in [0.15, 0.2) is 12.3 Å². The maximum Gasteiger partial charge on any atom is 0.353 e. The van der Waals surface area contributed by atoms with Crippen LogP contribution in [0.4, 0.5) is 0 Å². The molecule has 0 aliphatic rings. The number of hydrogen-bond acceptors (Lipinski definition) is 3. The van der Waals surface area contributed by atoms with Gasteiger partial charge in [0.2, 0.25) is 0 Å². The molecule has 0 saturated carbocycles. The van der Waals surface area contributed by atoms with Crippen molar-refractivity contribution in [2.45, 2.75) is 6.92 Å². The van der Waals surface area contributed by atoms with E-state index in [1.807, 2.05) is 0 Å². The first kappa shape index (κ1) is 7.01. The molecule has 0 aliphatic heterocycles. The van der Waals surface area contributed by atoms with Gasteiger partial charge in [0.25, 0.3) is 0 Å². The maximum atomic E-state index is 10.3. The molecule has 3 heteroatoms. The first-order valence-electron chi connectivity index (χ1n) is 2.30. The van der Waals surface area contributed by atoms with Crippen molar-refractivity contribution in [2.75, 3.05) is 6.61 Å². The lowest BCUT2D eigenvalue weighted by molar-refractivity contribution is -0.138. The lowest BCUT2D eigenvalue weighted by atomic mass is 10.5. The third-order valence-electron chi connectivity index (χ3n) is 0.538. The van der Waals surface area contributed by atoms with Crippen LogP contribution >= 0.6 is 0 Å². The van der Waals surface area contributed by atoms with Crippen molar-refractivity contribution in [3.05, 3.63) is 12.3 Å². The van der Waals surface area contributed by atoms with E-state index in [4.69, 9.17) is 5.73 Å². The van der Waals surface area contributed by atoms with Gasteiger partial charge >= 0.3 is 5.97 Å². The molecule has 0 saturated heterocycles. The smallest absolute Gasteiger partial charge is 0.353 e. The summed E-state index contributed by atoms with van der Waals surface area (Å²) in [7, 11) is 0. The third kappa shape index (κ3) is 2.23. The quantitative estimate of drug-likeness (QED) is 0.408. The van der Waals surface area contributed by atoms with Gasteiger partial charge in [0.05, 0.1) is 6.61 Å². The second kappa shape index (κ2) is 3.07. The van der Waals surface area contributed by atoms with Crippen LogP contribution in [0.25, 0.3) is 0 Å². The Bertz CT molecular complexity index is 109. The summed E-state index contributed by atoms with van der Waals surface area (Å²) in [6.45, 7) is 5.23. The van der Waals surface area contributed by atoms with Crippen LogP contribution in [-0.2, 0) is 9.53 Å². The van der Waals surface area contributed by atoms with Crippen LogP contribution in [-0.4, -0.2) is 12.6 Å². The zero-order valence-electron chi connectivity index (χ0n) is 4.81. The van der Waals surface area contributed by atoms with Crippen molar-refractivity contribution in [3.8, 4) is 0 Å². The van der Waals surface area contributed by atoms with E-state index in [0.29, 0.717) is 6.61 Å². The molecule has 0 fully saturated rings. The highest BCUT2D eigenvalue weighted by molar-refractivity contribution is 5.86. The van der Waals surface area contributed by atoms with Crippen molar-refractivity contribution in [3.63, 3.8) is 0 Å². The van der Waals surface area contributed by atoms with Crippen LogP contribution in [0.3, 0.4) is 0 Å². The second-order valence-corrected chi connectivity index (χ2v) is 1.25.